The lowest BCUT2D eigenvalue weighted by molar-refractivity contribution is 0.353. The summed E-state index contributed by atoms with van der Waals surface area (Å²) in [7, 11) is 0. The Morgan fingerprint density at radius 2 is 0.398 bits per heavy atom. The highest BCUT2D eigenvalue weighted by molar-refractivity contribution is 6.07. The molecule has 0 aliphatic heterocycles. The molecule has 0 N–H and O–H groups in total. The molecule has 4 aliphatic rings. The first kappa shape index (κ1) is 71.6. The Labute approximate surface area is 690 Å². The van der Waals surface area contributed by atoms with Crippen molar-refractivity contribution in [2.75, 3.05) is 0 Å². The number of hydrogen-bond donors (Lipinski definition) is 0. The Balaban J connectivity index is 0.000000147. The van der Waals surface area contributed by atoms with Crippen LogP contribution in [0.15, 0.2) is 388 Å². The van der Waals surface area contributed by atoms with Gasteiger partial charge in [0, 0.05) is 44.2 Å². The number of hydrogen-bond acceptors (Lipinski definition) is 6. The van der Waals surface area contributed by atoms with Crippen LogP contribution in [0.25, 0.3) is 179 Å². The molecule has 16 aromatic carbocycles. The number of benzene rings is 16. The van der Waals surface area contributed by atoms with E-state index in [2.05, 4.69) is 340 Å². The van der Waals surface area contributed by atoms with E-state index in [1.165, 1.54) is 164 Å². The summed E-state index contributed by atoms with van der Waals surface area (Å²) in [5.74, 6) is 3.90. The van der Waals surface area contributed by atoms with Crippen LogP contribution in [0.2, 0.25) is 0 Å². The summed E-state index contributed by atoms with van der Waals surface area (Å²) >= 11 is 0. The minimum atomic E-state index is 0.0806. The van der Waals surface area contributed by atoms with E-state index in [0.717, 1.165) is 61.2 Å². The van der Waals surface area contributed by atoms with Crippen LogP contribution >= 0.6 is 0 Å². The van der Waals surface area contributed by atoms with Crippen molar-refractivity contribution < 1.29 is 0 Å². The standard InChI is InChI=1S/C57H43N3.C55H41N3/c1-4-15-39(16-5-1)40-29-33-44(34-30-40)55-58-54(43-17-6-2-7-18-43)59-56(60-55)48-22-13-21-47(38-48)46-20-12-19-45(37-46)41-27-31-42(32-28-41)49-24-14-25-51-50-23-8-9-26-52(50)57(53(49)51)35-10-3-11-36-57;1-4-15-37(16-5-1)38-25-29-41(30-26-38)53-56-52(40-17-6-2-7-18-40)57-54(58-53)42-31-27-39(28-32-42)43-33-34-46(45-20-9-8-19-44(43)45)48-22-14-23-49-47-21-10-11-24-50(47)55(51(48)49)35-12-3-13-36-55/h1-2,4-9,12-34,37-38H,3,10-11,35-36H2;1-2,4-11,14-34H,3,12-13,35-36H2. The molecule has 6 heteroatoms. The molecule has 0 radical (unpaired) electrons. The van der Waals surface area contributed by atoms with Gasteiger partial charge in [-0.15, -0.1) is 0 Å². The van der Waals surface area contributed by atoms with E-state index in [0.29, 0.717) is 34.9 Å². The fraction of sp³-hybridized carbons (Fsp3) is 0.107. The van der Waals surface area contributed by atoms with Gasteiger partial charge < -0.3 is 0 Å². The van der Waals surface area contributed by atoms with Crippen LogP contribution in [-0.4, -0.2) is 29.9 Å². The third-order valence-electron chi connectivity index (χ3n) is 25.3. The Morgan fingerprint density at radius 3 is 0.831 bits per heavy atom. The van der Waals surface area contributed by atoms with Crippen molar-refractivity contribution in [2.45, 2.75) is 75.0 Å². The predicted molar refractivity (Wildman–Crippen MR) is 486 cm³/mol. The third-order valence-corrected chi connectivity index (χ3v) is 25.3. The van der Waals surface area contributed by atoms with Crippen LogP contribution in [0.3, 0.4) is 0 Å². The van der Waals surface area contributed by atoms with Crippen molar-refractivity contribution >= 4 is 10.8 Å². The van der Waals surface area contributed by atoms with Gasteiger partial charge in [0.25, 0.3) is 0 Å². The smallest absolute Gasteiger partial charge is 0.164 e. The average Bonchev–Trinajstić information content (AvgIpc) is 1.55. The summed E-state index contributed by atoms with van der Waals surface area (Å²) in [5.41, 5.74) is 34.8. The zero-order chi connectivity index (χ0) is 78.4. The zero-order valence-electron chi connectivity index (χ0n) is 65.7. The molecule has 2 spiro atoms. The summed E-state index contributed by atoms with van der Waals surface area (Å²) in [4.78, 5) is 30.1. The van der Waals surface area contributed by atoms with Crippen LogP contribution in [0.4, 0.5) is 0 Å². The van der Waals surface area contributed by atoms with Crippen LogP contribution in [0.5, 0.6) is 0 Å². The lowest BCUT2D eigenvalue weighted by Gasteiger charge is -2.37. The predicted octanol–water partition coefficient (Wildman–Crippen LogP) is 29.0. The molecule has 0 atom stereocenters. The molecule has 0 amide bonds. The van der Waals surface area contributed by atoms with E-state index < -0.39 is 0 Å². The maximum atomic E-state index is 5.07. The van der Waals surface area contributed by atoms with Gasteiger partial charge in [-0.2, -0.15) is 0 Å². The fourth-order valence-corrected chi connectivity index (χ4v) is 19.7. The van der Waals surface area contributed by atoms with Crippen LogP contribution < -0.4 is 0 Å². The SMILES string of the molecule is c1ccc(-c2ccc(-c3nc(-c4ccccc4)nc(-c4ccc(-c5ccc(-c6cccc7c6C6(CCCCC6)c6ccccc6-7)c6ccccc56)cc4)n3)cc2)cc1.c1ccc(-c2ccc(-c3nc(-c4ccccc4)nc(-c4cccc(-c5cccc(-c6ccc(-c7cccc8c7C7(CCCCC7)c7ccccc7-8)cc6)c5)c4)n3)cc2)cc1. The molecular weight excluding hydrogens is 1430 g/mol. The first-order valence-electron chi connectivity index (χ1n) is 41.8. The number of nitrogens with zero attached hydrogens (tertiary/aromatic N) is 6. The molecule has 2 aromatic heterocycles. The largest absolute Gasteiger partial charge is 0.208 e. The minimum absolute atomic E-state index is 0.0806. The highest BCUT2D eigenvalue weighted by atomic mass is 15.0. The van der Waals surface area contributed by atoms with Crippen LogP contribution in [0.1, 0.15) is 86.5 Å². The highest BCUT2D eigenvalue weighted by Gasteiger charge is 2.47. The van der Waals surface area contributed by atoms with Gasteiger partial charge in [0.2, 0.25) is 0 Å². The number of fused-ring (bicyclic) bond motifs is 11. The van der Waals surface area contributed by atoms with E-state index in [4.69, 9.17) is 29.9 Å². The topological polar surface area (TPSA) is 77.3 Å². The van der Waals surface area contributed by atoms with Crippen molar-refractivity contribution in [2.24, 2.45) is 0 Å². The van der Waals surface area contributed by atoms with Crippen molar-refractivity contribution in [1.29, 1.82) is 0 Å². The molecule has 0 bridgehead atoms. The van der Waals surface area contributed by atoms with Gasteiger partial charge in [-0.05, 0) is 171 Å². The first-order chi connectivity index (χ1) is 58.4. The minimum Gasteiger partial charge on any atom is -0.208 e. The lowest BCUT2D eigenvalue weighted by atomic mass is 9.66. The molecule has 0 saturated heterocycles. The van der Waals surface area contributed by atoms with Crippen LogP contribution in [0, 0.1) is 0 Å². The molecule has 18 aromatic rings. The molecule has 4 aliphatic carbocycles. The van der Waals surface area contributed by atoms with E-state index >= 15 is 0 Å². The van der Waals surface area contributed by atoms with Gasteiger partial charge in [0.15, 0.2) is 34.9 Å². The molecule has 562 valence electrons. The molecule has 2 heterocycles. The molecule has 2 saturated carbocycles. The van der Waals surface area contributed by atoms with Gasteiger partial charge in [-0.25, -0.2) is 29.9 Å². The van der Waals surface area contributed by atoms with E-state index in [1.807, 2.05) is 48.5 Å². The van der Waals surface area contributed by atoms with Crippen molar-refractivity contribution in [3.63, 3.8) is 0 Å². The fourth-order valence-electron chi connectivity index (χ4n) is 19.7. The van der Waals surface area contributed by atoms with E-state index in [9.17, 15) is 0 Å². The summed E-state index contributed by atoms with van der Waals surface area (Å²) in [6.45, 7) is 0. The summed E-state index contributed by atoms with van der Waals surface area (Å²) in [6, 6.07) is 139. The average molecular weight is 1510 g/mol. The first-order valence-corrected chi connectivity index (χ1v) is 41.8. The van der Waals surface area contributed by atoms with Crippen LogP contribution in [-0.2, 0) is 10.8 Å². The monoisotopic (exact) mass is 1510 g/mol. The summed E-state index contributed by atoms with van der Waals surface area (Å²) in [6.07, 6.45) is 12.7. The Kier molecular flexibility index (Phi) is 18.7. The van der Waals surface area contributed by atoms with Gasteiger partial charge in [-0.1, -0.05) is 415 Å². The molecule has 22 rings (SSSR count). The Morgan fingerprint density at radius 1 is 0.153 bits per heavy atom. The second-order valence-corrected chi connectivity index (χ2v) is 32.1. The molecule has 6 nitrogen and oxygen atoms in total. The lowest BCUT2D eigenvalue weighted by Crippen LogP contribution is -2.28. The molecule has 2 fully saturated rings. The highest BCUT2D eigenvalue weighted by Crippen LogP contribution is 2.61. The zero-order valence-corrected chi connectivity index (χ0v) is 65.7. The number of aromatic nitrogens is 6. The normalized spacial score (nSPS) is 13.9. The molecule has 0 unspecified atom stereocenters. The maximum Gasteiger partial charge on any atom is 0.164 e. The van der Waals surface area contributed by atoms with Crippen molar-refractivity contribution in [3.8, 4) is 168 Å². The van der Waals surface area contributed by atoms with Gasteiger partial charge in [0.1, 0.15) is 0 Å². The van der Waals surface area contributed by atoms with Gasteiger partial charge in [0.05, 0.1) is 0 Å². The summed E-state index contributed by atoms with van der Waals surface area (Å²) < 4.78 is 0. The van der Waals surface area contributed by atoms with Gasteiger partial charge >= 0.3 is 0 Å². The van der Waals surface area contributed by atoms with Crippen molar-refractivity contribution in [3.05, 3.63) is 411 Å². The van der Waals surface area contributed by atoms with E-state index in [1.54, 1.807) is 5.56 Å². The maximum absolute atomic E-state index is 5.07. The van der Waals surface area contributed by atoms with Crippen molar-refractivity contribution in [1.82, 2.24) is 29.9 Å². The summed E-state index contributed by atoms with van der Waals surface area (Å²) in [5, 5.41) is 2.54. The number of rotatable bonds is 13. The Bertz CT molecular complexity index is 6750. The quantitative estimate of drug-likeness (QED) is 0.114. The molecule has 118 heavy (non-hydrogen) atoms. The van der Waals surface area contributed by atoms with Gasteiger partial charge in [-0.3, -0.25) is 0 Å². The third kappa shape index (κ3) is 13.2. The van der Waals surface area contributed by atoms with E-state index in [-0.39, 0.29) is 10.8 Å². The molecular formula is C112H84N6. The Hall–Kier alpha value is -14.2. The second kappa shape index (κ2) is 30.9. The second-order valence-electron chi connectivity index (χ2n) is 32.1.